The number of hydrogen-bond acceptors (Lipinski definition) is 2. The van der Waals surface area contributed by atoms with Gasteiger partial charge in [0.2, 0.25) is 0 Å². The molecule has 0 spiro atoms. The maximum absolute atomic E-state index is 15.4. The van der Waals surface area contributed by atoms with Crippen molar-refractivity contribution in [1.82, 2.24) is 0 Å². The molecule has 1 atom stereocenters. The maximum Gasteiger partial charge on any atom is 0.400 e. The molecule has 210 valence electrons. The topological polar surface area (TPSA) is 29.5 Å². The highest BCUT2D eigenvalue weighted by Crippen LogP contribution is 2.42. The van der Waals surface area contributed by atoms with Gasteiger partial charge in [-0.05, 0) is 73.4 Å². The van der Waals surface area contributed by atoms with Gasteiger partial charge in [0.15, 0.2) is 0 Å². The second-order valence-electron chi connectivity index (χ2n) is 10.3. The lowest BCUT2D eigenvalue weighted by Gasteiger charge is -2.33. The number of ether oxygens (including phenoxy) is 1. The van der Waals surface area contributed by atoms with Crippen molar-refractivity contribution in [3.8, 4) is 28.0 Å². The third-order valence-electron chi connectivity index (χ3n) is 7.60. The Hall–Kier alpha value is -3.00. The Morgan fingerprint density at radius 1 is 0.897 bits per heavy atom. The SMILES string of the molecule is CCCC1CCC(C(F)(F)Oc2ccc(-c3ccc(-c4ccc(C(C)O)cc4F)c(C(F)F)c3F)cc2)CC1. The predicted molar refractivity (Wildman–Crippen MR) is 139 cm³/mol. The van der Waals surface area contributed by atoms with Crippen LogP contribution in [0.5, 0.6) is 5.75 Å². The Balaban J connectivity index is 1.56. The fraction of sp³-hybridized carbons (Fsp3) is 0.419. The normalized spacial score (nSPS) is 18.8. The molecular weight excluding hydrogens is 518 g/mol. The molecule has 1 N–H and O–H groups in total. The average Bonchev–Trinajstić information content (AvgIpc) is 2.89. The van der Waals surface area contributed by atoms with Crippen molar-refractivity contribution in [2.24, 2.45) is 11.8 Å². The minimum atomic E-state index is -3.36. The fourth-order valence-corrected chi connectivity index (χ4v) is 5.41. The van der Waals surface area contributed by atoms with E-state index in [1.807, 2.05) is 0 Å². The molecule has 3 aromatic rings. The molecule has 0 aromatic heterocycles. The molecule has 1 fully saturated rings. The van der Waals surface area contributed by atoms with E-state index in [-0.39, 0.29) is 33.6 Å². The summed E-state index contributed by atoms with van der Waals surface area (Å²) < 4.78 is 92.8. The van der Waals surface area contributed by atoms with Crippen LogP contribution in [-0.4, -0.2) is 11.2 Å². The summed E-state index contributed by atoms with van der Waals surface area (Å²) in [5, 5.41) is 9.64. The molecule has 8 heteroatoms. The zero-order chi connectivity index (χ0) is 28.3. The van der Waals surface area contributed by atoms with Gasteiger partial charge < -0.3 is 9.84 Å². The van der Waals surface area contributed by atoms with Crippen LogP contribution in [0.25, 0.3) is 22.3 Å². The number of benzene rings is 3. The van der Waals surface area contributed by atoms with Gasteiger partial charge in [0.1, 0.15) is 17.4 Å². The van der Waals surface area contributed by atoms with Crippen LogP contribution < -0.4 is 4.74 Å². The first-order valence-corrected chi connectivity index (χ1v) is 13.3. The smallest absolute Gasteiger partial charge is 0.400 e. The third-order valence-corrected chi connectivity index (χ3v) is 7.60. The number of alkyl halides is 4. The van der Waals surface area contributed by atoms with Gasteiger partial charge in [-0.2, -0.15) is 8.78 Å². The maximum atomic E-state index is 15.4. The van der Waals surface area contributed by atoms with E-state index in [9.17, 15) is 27.1 Å². The number of hydrogen-bond donors (Lipinski definition) is 1. The predicted octanol–water partition coefficient (Wildman–Crippen LogP) is 9.87. The fourth-order valence-electron chi connectivity index (χ4n) is 5.41. The first-order chi connectivity index (χ1) is 18.5. The van der Waals surface area contributed by atoms with Gasteiger partial charge in [0, 0.05) is 11.1 Å². The molecule has 1 aliphatic rings. The molecule has 39 heavy (non-hydrogen) atoms. The summed E-state index contributed by atoms with van der Waals surface area (Å²) in [6.45, 7) is 3.52. The zero-order valence-electron chi connectivity index (χ0n) is 21.9. The first-order valence-electron chi connectivity index (χ1n) is 13.3. The van der Waals surface area contributed by atoms with E-state index >= 15 is 4.39 Å². The second-order valence-corrected chi connectivity index (χ2v) is 10.3. The Bertz CT molecular complexity index is 1260. The van der Waals surface area contributed by atoms with Crippen LogP contribution in [0.3, 0.4) is 0 Å². The van der Waals surface area contributed by atoms with Crippen LogP contribution in [0.1, 0.15) is 76.0 Å². The molecule has 0 radical (unpaired) electrons. The summed E-state index contributed by atoms with van der Waals surface area (Å²) in [6.07, 6.45) is -3.25. The van der Waals surface area contributed by atoms with Gasteiger partial charge in [-0.3, -0.25) is 0 Å². The lowest BCUT2D eigenvalue weighted by Crippen LogP contribution is -2.37. The van der Waals surface area contributed by atoms with E-state index in [0.29, 0.717) is 18.8 Å². The summed E-state index contributed by atoms with van der Waals surface area (Å²) in [6, 6.07) is 11.3. The summed E-state index contributed by atoms with van der Waals surface area (Å²) in [5.41, 5.74) is -1.25. The Kier molecular flexibility index (Phi) is 8.94. The van der Waals surface area contributed by atoms with E-state index < -0.39 is 41.8 Å². The lowest BCUT2D eigenvalue weighted by atomic mass is 9.79. The van der Waals surface area contributed by atoms with Gasteiger partial charge in [0.25, 0.3) is 6.43 Å². The van der Waals surface area contributed by atoms with Crippen LogP contribution in [0.15, 0.2) is 54.6 Å². The quantitative estimate of drug-likeness (QED) is 0.269. The van der Waals surface area contributed by atoms with Crippen LogP contribution in [0.4, 0.5) is 26.3 Å². The molecule has 3 aromatic carbocycles. The average molecular weight is 551 g/mol. The second kappa shape index (κ2) is 12.0. The minimum Gasteiger partial charge on any atom is -0.432 e. The molecule has 1 saturated carbocycles. The third kappa shape index (κ3) is 6.43. The van der Waals surface area contributed by atoms with E-state index in [1.54, 1.807) is 0 Å². The summed E-state index contributed by atoms with van der Waals surface area (Å²) in [5.74, 6) is -2.63. The van der Waals surface area contributed by atoms with Gasteiger partial charge in [-0.25, -0.2) is 17.6 Å². The molecule has 0 bridgehead atoms. The Labute approximate surface area is 224 Å². The molecule has 4 rings (SSSR count). The molecule has 1 aliphatic carbocycles. The van der Waals surface area contributed by atoms with Gasteiger partial charge in [-0.1, -0.05) is 56.2 Å². The summed E-state index contributed by atoms with van der Waals surface area (Å²) in [7, 11) is 0. The molecular formula is C31H32F6O2. The van der Waals surface area contributed by atoms with Gasteiger partial charge >= 0.3 is 6.11 Å². The molecule has 0 saturated heterocycles. The van der Waals surface area contributed by atoms with Crippen molar-refractivity contribution in [2.45, 2.75) is 71.0 Å². The standard InChI is InChI=1S/C31H32F6O2/c1-3-4-19-5-10-22(11-6-19)31(36,37)39-23-12-7-20(8-13-23)24-15-16-26(28(29(24)33)30(34)35)25-14-9-21(18(2)38)17-27(25)32/h7-9,12-19,22,30,38H,3-6,10-11H2,1-2H3. The van der Waals surface area contributed by atoms with Crippen molar-refractivity contribution in [1.29, 1.82) is 0 Å². The zero-order valence-corrected chi connectivity index (χ0v) is 21.9. The van der Waals surface area contributed by atoms with Crippen molar-refractivity contribution in [3.05, 3.63) is 77.4 Å². The minimum absolute atomic E-state index is 0.106. The Morgan fingerprint density at radius 3 is 2.08 bits per heavy atom. The summed E-state index contributed by atoms with van der Waals surface area (Å²) in [4.78, 5) is 0. The molecule has 1 unspecified atom stereocenters. The molecule has 0 heterocycles. The highest BCUT2D eigenvalue weighted by Gasteiger charge is 2.43. The number of halogens is 6. The number of aliphatic hydroxyl groups excluding tert-OH is 1. The highest BCUT2D eigenvalue weighted by atomic mass is 19.3. The van der Waals surface area contributed by atoms with Crippen molar-refractivity contribution in [2.75, 3.05) is 0 Å². The van der Waals surface area contributed by atoms with Crippen LogP contribution in [0.2, 0.25) is 0 Å². The van der Waals surface area contributed by atoms with Crippen molar-refractivity contribution >= 4 is 0 Å². The number of aliphatic hydroxyl groups is 1. The summed E-state index contributed by atoms with van der Waals surface area (Å²) >= 11 is 0. The van der Waals surface area contributed by atoms with E-state index in [2.05, 4.69) is 6.92 Å². The van der Waals surface area contributed by atoms with Crippen LogP contribution in [0, 0.1) is 23.5 Å². The van der Waals surface area contributed by atoms with E-state index in [1.165, 1.54) is 55.5 Å². The lowest BCUT2D eigenvalue weighted by molar-refractivity contribution is -0.223. The van der Waals surface area contributed by atoms with Crippen LogP contribution >= 0.6 is 0 Å². The van der Waals surface area contributed by atoms with E-state index in [4.69, 9.17) is 4.74 Å². The highest BCUT2D eigenvalue weighted by molar-refractivity contribution is 5.75. The van der Waals surface area contributed by atoms with Gasteiger partial charge in [-0.15, -0.1) is 0 Å². The van der Waals surface area contributed by atoms with Gasteiger partial charge in [0.05, 0.1) is 17.6 Å². The first kappa shape index (κ1) is 29.0. The molecule has 0 aliphatic heterocycles. The van der Waals surface area contributed by atoms with Crippen LogP contribution in [-0.2, 0) is 0 Å². The Morgan fingerprint density at radius 2 is 1.51 bits per heavy atom. The van der Waals surface area contributed by atoms with E-state index in [0.717, 1.165) is 31.7 Å². The number of rotatable bonds is 9. The van der Waals surface area contributed by atoms with Crippen molar-refractivity contribution < 1.29 is 36.2 Å². The molecule has 0 amide bonds. The monoisotopic (exact) mass is 550 g/mol. The molecule has 2 nitrogen and oxygen atoms in total. The van der Waals surface area contributed by atoms with Crippen molar-refractivity contribution in [3.63, 3.8) is 0 Å². The largest absolute Gasteiger partial charge is 0.432 e.